The normalized spacial score (nSPS) is 44.5. The van der Waals surface area contributed by atoms with Gasteiger partial charge in [0.05, 0.1) is 78.7 Å². The molecule has 0 bridgehead atoms. The highest BCUT2D eigenvalue weighted by molar-refractivity contribution is 5.76. The van der Waals surface area contributed by atoms with E-state index in [-0.39, 0.29) is 70.0 Å². The summed E-state index contributed by atoms with van der Waals surface area (Å²) in [5.41, 5.74) is -6.65. The van der Waals surface area contributed by atoms with Crippen molar-refractivity contribution in [2.24, 2.45) is 35.5 Å². The van der Waals surface area contributed by atoms with E-state index in [2.05, 4.69) is 5.32 Å². The molecule has 91 heavy (non-hydrogen) atoms. The van der Waals surface area contributed by atoms with Gasteiger partial charge in [-0.1, -0.05) is 59.7 Å². The zero-order valence-corrected chi connectivity index (χ0v) is 58.2. The van der Waals surface area contributed by atoms with Crippen molar-refractivity contribution in [2.75, 3.05) is 47.9 Å². The SMILES string of the molecule is CC[C@H]1OC(=O)[C@H](C)[C@@H](O)[C@H](C)[C@@H](O[C@@H]2O[C@H](C)C[C@H](N(C)C(=O)CCOc3ccccc3)[C@H]2O)[C@](C)(O)C[C@@H](C)CN(C)[C@H](C)[C@@H](O)[C@]1(C)O.CC[C@H]1OC(=O)[C@H](C)[C@@H](O)[C@H](C)[C@@H](O[C@@H]2O[C@H](C)C[C@H](NC)[C@H]2O)[C@](C)(O)C[C@@H](C)CN(C)[C@H](C)[C@@H](O)[C@]1(C)O.[HH]. The van der Waals surface area contributed by atoms with Crippen LogP contribution in [0.25, 0.3) is 0 Å². The van der Waals surface area contributed by atoms with E-state index >= 15 is 0 Å². The third-order valence-corrected chi connectivity index (χ3v) is 20.2. The zero-order valence-electron chi connectivity index (χ0n) is 58.2. The number of aliphatic hydroxyl groups excluding tert-OH is 6. The number of nitrogens with one attached hydrogen (secondary N) is 1. The van der Waals surface area contributed by atoms with Gasteiger partial charge in [0.1, 0.15) is 53.6 Å². The summed E-state index contributed by atoms with van der Waals surface area (Å²) in [6.07, 6.45) is -12.9. The number of hydrogen-bond donors (Lipinski definition) is 11. The minimum atomic E-state index is -1.79. The monoisotopic (exact) mass is 1300 g/mol. The van der Waals surface area contributed by atoms with Crippen molar-refractivity contribution in [3.8, 4) is 5.75 Å². The van der Waals surface area contributed by atoms with Crippen LogP contribution in [0, 0.1) is 35.5 Å². The number of ether oxygens (including phenoxy) is 7. The first-order valence-corrected chi connectivity index (χ1v) is 33.1. The van der Waals surface area contributed by atoms with Crippen LogP contribution < -0.4 is 10.1 Å². The number of benzene rings is 1. The van der Waals surface area contributed by atoms with Crippen molar-refractivity contribution < 1.29 is 100 Å². The molecule has 24 nitrogen and oxygen atoms in total. The molecule has 0 aliphatic carbocycles. The fraction of sp³-hybridized carbons (Fsp3) is 0.866. The van der Waals surface area contributed by atoms with Gasteiger partial charge in [-0.2, -0.15) is 0 Å². The molecule has 0 unspecified atom stereocenters. The van der Waals surface area contributed by atoms with Gasteiger partial charge >= 0.3 is 11.9 Å². The second-order valence-corrected chi connectivity index (χ2v) is 28.6. The van der Waals surface area contributed by atoms with Gasteiger partial charge in [0.15, 0.2) is 12.6 Å². The zero-order chi connectivity index (χ0) is 69.2. The molecule has 1 aromatic carbocycles. The number of para-hydroxylation sites is 1. The molecule has 4 saturated heterocycles. The van der Waals surface area contributed by atoms with Crippen LogP contribution in [0.3, 0.4) is 0 Å². The van der Waals surface area contributed by atoms with Crippen LogP contribution in [0.1, 0.15) is 157 Å². The average molecular weight is 1300 g/mol. The van der Waals surface area contributed by atoms with Gasteiger partial charge in [-0.3, -0.25) is 14.4 Å². The van der Waals surface area contributed by atoms with Crippen molar-refractivity contribution in [3.05, 3.63) is 30.3 Å². The summed E-state index contributed by atoms with van der Waals surface area (Å²) in [4.78, 5) is 45.2. The molecule has 4 aliphatic heterocycles. The van der Waals surface area contributed by atoms with E-state index in [4.69, 9.17) is 33.2 Å². The minimum Gasteiger partial charge on any atom is -0.493 e. The van der Waals surface area contributed by atoms with Gasteiger partial charge in [0.2, 0.25) is 5.91 Å². The number of cyclic esters (lactones) is 2. The topological polar surface area (TPSA) is 340 Å². The number of hydrogen-bond acceptors (Lipinski definition) is 23. The highest BCUT2D eigenvalue weighted by Crippen LogP contribution is 2.39. The third-order valence-electron chi connectivity index (χ3n) is 20.2. The predicted molar refractivity (Wildman–Crippen MR) is 343 cm³/mol. The second kappa shape index (κ2) is 34.1. The van der Waals surface area contributed by atoms with Crippen molar-refractivity contribution in [2.45, 2.75) is 288 Å². The van der Waals surface area contributed by atoms with Gasteiger partial charge in [0, 0.05) is 51.5 Å². The van der Waals surface area contributed by atoms with E-state index in [0.717, 1.165) is 0 Å². The first-order chi connectivity index (χ1) is 42.1. The molecule has 1 amide bonds. The van der Waals surface area contributed by atoms with Gasteiger partial charge in [0.25, 0.3) is 0 Å². The number of likely N-dealkylation sites (N-methyl/N-ethyl adjacent to an activating group) is 4. The highest BCUT2D eigenvalue weighted by Gasteiger charge is 2.53. The van der Waals surface area contributed by atoms with Crippen molar-refractivity contribution in [1.29, 1.82) is 0 Å². The van der Waals surface area contributed by atoms with E-state index in [1.807, 2.05) is 69.8 Å². The minimum absolute atomic E-state index is 0. The van der Waals surface area contributed by atoms with E-state index in [9.17, 15) is 65.4 Å². The van der Waals surface area contributed by atoms with Crippen LogP contribution in [0.2, 0.25) is 0 Å². The lowest BCUT2D eigenvalue weighted by molar-refractivity contribution is -0.299. The molecule has 11 N–H and O–H groups in total. The Morgan fingerprint density at radius 2 is 1.03 bits per heavy atom. The summed E-state index contributed by atoms with van der Waals surface area (Å²) in [5.74, 6) is -5.19. The summed E-state index contributed by atoms with van der Waals surface area (Å²) in [7, 11) is 7.00. The molecule has 28 atom stereocenters. The second-order valence-electron chi connectivity index (χ2n) is 28.6. The van der Waals surface area contributed by atoms with E-state index < -0.39 is 156 Å². The maximum atomic E-state index is 13.5. The van der Waals surface area contributed by atoms with Crippen LogP contribution >= 0.6 is 0 Å². The van der Waals surface area contributed by atoms with Crippen LogP contribution in [-0.4, -0.2) is 264 Å². The summed E-state index contributed by atoms with van der Waals surface area (Å²) >= 11 is 0. The van der Waals surface area contributed by atoms with Gasteiger partial charge in [-0.05, 0) is 153 Å². The van der Waals surface area contributed by atoms with Crippen LogP contribution in [-0.2, 0) is 42.8 Å². The van der Waals surface area contributed by atoms with Gasteiger partial charge in [-0.15, -0.1) is 0 Å². The molecule has 0 radical (unpaired) electrons. The fourth-order valence-electron chi connectivity index (χ4n) is 14.3. The number of carbonyl (C=O) groups is 3. The lowest BCUT2D eigenvalue weighted by atomic mass is 9.78. The highest BCUT2D eigenvalue weighted by atomic mass is 16.7. The van der Waals surface area contributed by atoms with E-state index in [1.54, 1.807) is 81.6 Å². The molecule has 4 aliphatic rings. The smallest absolute Gasteiger partial charge is 0.311 e. The molecule has 0 saturated carbocycles. The molecule has 4 heterocycles. The largest absolute Gasteiger partial charge is 0.493 e. The van der Waals surface area contributed by atoms with Crippen molar-refractivity contribution >= 4 is 17.8 Å². The Kier molecular flexibility index (Phi) is 30.1. The first kappa shape index (κ1) is 80.2. The number of carbonyl (C=O) groups excluding carboxylic acids is 3. The lowest BCUT2D eigenvalue weighted by Gasteiger charge is -2.47. The maximum absolute atomic E-state index is 13.5. The van der Waals surface area contributed by atoms with Crippen LogP contribution in [0.15, 0.2) is 30.3 Å². The van der Waals surface area contributed by atoms with Crippen molar-refractivity contribution in [3.63, 3.8) is 0 Å². The molecule has 1 aromatic rings. The third kappa shape index (κ3) is 20.4. The molecule has 0 spiro atoms. The number of nitrogens with zero attached hydrogens (tertiary/aromatic N) is 3. The Balaban J connectivity index is 0.000000489. The number of rotatable bonds is 12. The Hall–Kier alpha value is -3.25. The first-order valence-electron chi connectivity index (χ1n) is 33.1. The molecular weight excluding hydrogens is 1180 g/mol. The molecule has 5 rings (SSSR count). The quantitative estimate of drug-likeness (QED) is 0.134. The summed E-state index contributed by atoms with van der Waals surface area (Å²) in [5, 5.41) is 118. The maximum Gasteiger partial charge on any atom is 0.311 e. The standard InChI is InChI=1S/C38H64N2O11.C29H56N2O9.H2/c1-11-29-38(8,47)33(44)26(6)39(9)21-22(2)20-37(7,46)34(24(4)31(42)25(5)35(45)50-29)51-36-32(43)28(19-23(3)49-36)40(10)30(41)17-18-48-27-15-13-12-14-16-27;1-11-21-29(8,37)24(34)19(6)31(10)14-15(2)13-28(7,36)25(17(4)22(32)18(5)26(35)39-21)40-27-23(33)20(30-9)12-16(3)38-27;/h12-16,22-26,28-29,31-34,36,42-44,46-47H,11,17-21H2,1-10H3;15-25,27,30,32-34,36-37H,11-14H2,1-10H3;1H/t22-,23-,24+,25-,26-,28+,29-,31+,32-,33-,34-,36+,37-,38-;15-,16-,17+,18-,19-,20+,21-,22+,23-,24-,25-,27+,28-,29-;/m11./s1. The Labute approximate surface area is 543 Å². The molecule has 0 aromatic heterocycles. The number of amides is 1. The van der Waals surface area contributed by atoms with E-state index in [1.165, 1.54) is 32.6 Å². The Morgan fingerprint density at radius 3 is 1.43 bits per heavy atom. The van der Waals surface area contributed by atoms with Crippen LogP contribution in [0.5, 0.6) is 5.75 Å². The average Bonchev–Trinajstić information content (AvgIpc) is 1.13. The Morgan fingerprint density at radius 1 is 0.637 bits per heavy atom. The van der Waals surface area contributed by atoms with Gasteiger partial charge < -0.3 is 104 Å². The summed E-state index contributed by atoms with van der Waals surface area (Å²) in [6.45, 7) is 28.2. The molecule has 4 fully saturated rings. The van der Waals surface area contributed by atoms with E-state index in [0.29, 0.717) is 31.7 Å². The number of aliphatic hydroxyl groups is 10. The van der Waals surface area contributed by atoms with Crippen molar-refractivity contribution in [1.82, 2.24) is 20.0 Å². The summed E-state index contributed by atoms with van der Waals surface area (Å²) in [6, 6.07) is 7.16. The Bertz CT molecular complexity index is 2380. The van der Waals surface area contributed by atoms with Crippen LogP contribution in [0.4, 0.5) is 0 Å². The summed E-state index contributed by atoms with van der Waals surface area (Å²) < 4.78 is 42.0. The molecule has 24 heteroatoms. The predicted octanol–water partition coefficient (Wildman–Crippen LogP) is 3.22. The van der Waals surface area contributed by atoms with Gasteiger partial charge in [-0.25, -0.2) is 0 Å². The lowest BCUT2D eigenvalue weighted by Crippen LogP contribution is -2.60. The molecular formula is C67H122N4O20. The molecule has 530 valence electrons. The fourth-order valence-corrected chi connectivity index (χ4v) is 14.3. The number of esters is 2.